The fourth-order valence-electron chi connectivity index (χ4n) is 1.11. The van der Waals surface area contributed by atoms with Crippen LogP contribution in [0.15, 0.2) is 0 Å². The molecule has 80 valence electrons. The van der Waals surface area contributed by atoms with Gasteiger partial charge in [-0.25, -0.2) is 0 Å². The van der Waals surface area contributed by atoms with Crippen molar-refractivity contribution in [3.8, 4) is 12.3 Å². The summed E-state index contributed by atoms with van der Waals surface area (Å²) in [7, 11) is 0. The molecule has 3 heteroatoms. The number of carbonyl (C=O) groups is 1. The third kappa shape index (κ3) is 6.50. The van der Waals surface area contributed by atoms with E-state index in [1.165, 1.54) is 0 Å². The Morgan fingerprint density at radius 2 is 2.29 bits per heavy atom. The average Bonchev–Trinajstić information content (AvgIpc) is 2.17. The lowest BCUT2D eigenvalue weighted by molar-refractivity contribution is -0.143. The molecular formula is C11H19NO2. The quantitative estimate of drug-likeness (QED) is 0.494. The van der Waals surface area contributed by atoms with Gasteiger partial charge in [0.05, 0.1) is 13.0 Å². The van der Waals surface area contributed by atoms with Crippen LogP contribution in [-0.2, 0) is 9.53 Å². The number of hydrogen-bond acceptors (Lipinski definition) is 3. The van der Waals surface area contributed by atoms with Crippen LogP contribution in [0.25, 0.3) is 0 Å². The molecular weight excluding hydrogens is 178 g/mol. The van der Waals surface area contributed by atoms with Crippen molar-refractivity contribution in [2.24, 2.45) is 0 Å². The highest BCUT2D eigenvalue weighted by Crippen LogP contribution is 1.96. The average molecular weight is 197 g/mol. The molecule has 0 saturated heterocycles. The van der Waals surface area contributed by atoms with Gasteiger partial charge in [0, 0.05) is 19.0 Å². The van der Waals surface area contributed by atoms with Gasteiger partial charge in [-0.05, 0) is 13.3 Å². The topological polar surface area (TPSA) is 38.3 Å². The summed E-state index contributed by atoms with van der Waals surface area (Å²) in [6.07, 6.45) is 7.30. The molecule has 0 aliphatic rings. The molecule has 0 aromatic rings. The smallest absolute Gasteiger partial charge is 0.307 e. The number of terminal acetylenes is 1. The van der Waals surface area contributed by atoms with Crippen LogP contribution in [0.1, 0.15) is 33.1 Å². The molecule has 1 atom stereocenters. The summed E-state index contributed by atoms with van der Waals surface area (Å²) in [5, 5.41) is 3.22. The van der Waals surface area contributed by atoms with E-state index in [1.54, 1.807) is 6.92 Å². The van der Waals surface area contributed by atoms with Gasteiger partial charge < -0.3 is 10.1 Å². The zero-order chi connectivity index (χ0) is 10.8. The first kappa shape index (κ1) is 13.0. The minimum absolute atomic E-state index is 0.157. The Morgan fingerprint density at radius 3 is 2.79 bits per heavy atom. The predicted molar refractivity (Wildman–Crippen MR) is 56.8 cm³/mol. The van der Waals surface area contributed by atoms with Crippen LogP contribution in [0.2, 0.25) is 0 Å². The number of esters is 1. The summed E-state index contributed by atoms with van der Waals surface area (Å²) in [6, 6.07) is 0.314. The van der Waals surface area contributed by atoms with Gasteiger partial charge in [0.15, 0.2) is 0 Å². The Morgan fingerprint density at radius 1 is 1.57 bits per heavy atom. The molecule has 14 heavy (non-hydrogen) atoms. The monoisotopic (exact) mass is 197 g/mol. The van der Waals surface area contributed by atoms with Crippen molar-refractivity contribution >= 4 is 5.97 Å². The van der Waals surface area contributed by atoms with Crippen molar-refractivity contribution in [2.45, 2.75) is 39.2 Å². The maximum Gasteiger partial charge on any atom is 0.307 e. The summed E-state index contributed by atoms with van der Waals surface area (Å²) in [5.41, 5.74) is 0. The van der Waals surface area contributed by atoms with Gasteiger partial charge >= 0.3 is 5.97 Å². The van der Waals surface area contributed by atoms with Crippen molar-refractivity contribution in [1.82, 2.24) is 5.32 Å². The molecule has 3 nitrogen and oxygen atoms in total. The highest BCUT2D eigenvalue weighted by Gasteiger charge is 2.05. The van der Waals surface area contributed by atoms with Gasteiger partial charge in [-0.3, -0.25) is 4.79 Å². The fourth-order valence-corrected chi connectivity index (χ4v) is 1.11. The zero-order valence-electron chi connectivity index (χ0n) is 9.01. The summed E-state index contributed by atoms with van der Waals surface area (Å²) >= 11 is 0. The van der Waals surface area contributed by atoms with Gasteiger partial charge in [-0.1, -0.05) is 6.92 Å². The van der Waals surface area contributed by atoms with E-state index in [0.29, 0.717) is 32.0 Å². The maximum atomic E-state index is 11.0. The lowest BCUT2D eigenvalue weighted by atomic mass is 10.1. The Kier molecular flexibility index (Phi) is 7.96. The lowest BCUT2D eigenvalue weighted by Crippen LogP contribution is -2.30. The molecule has 1 unspecified atom stereocenters. The fraction of sp³-hybridized carbons (Fsp3) is 0.727. The summed E-state index contributed by atoms with van der Waals surface area (Å²) in [5.74, 6) is 2.45. The normalized spacial score (nSPS) is 11.8. The number of hydrogen-bond donors (Lipinski definition) is 1. The van der Waals surface area contributed by atoms with Crippen LogP contribution < -0.4 is 5.32 Å². The van der Waals surface area contributed by atoms with Gasteiger partial charge in [0.1, 0.15) is 0 Å². The number of carbonyl (C=O) groups excluding carboxylic acids is 1. The second-order valence-corrected chi connectivity index (χ2v) is 3.02. The van der Waals surface area contributed by atoms with E-state index in [0.717, 1.165) is 6.42 Å². The van der Waals surface area contributed by atoms with Crippen molar-refractivity contribution < 1.29 is 9.53 Å². The molecule has 0 aromatic carbocycles. The molecule has 0 radical (unpaired) electrons. The van der Waals surface area contributed by atoms with Crippen LogP contribution in [0.4, 0.5) is 0 Å². The first-order valence-corrected chi connectivity index (χ1v) is 5.07. The molecule has 0 fully saturated rings. The maximum absolute atomic E-state index is 11.0. The third-order valence-corrected chi connectivity index (χ3v) is 1.92. The SMILES string of the molecule is C#CCC(CC)NCCC(=O)OCC. The lowest BCUT2D eigenvalue weighted by Gasteiger charge is -2.13. The van der Waals surface area contributed by atoms with E-state index in [-0.39, 0.29) is 5.97 Å². The van der Waals surface area contributed by atoms with Crippen LogP contribution in [0.3, 0.4) is 0 Å². The third-order valence-electron chi connectivity index (χ3n) is 1.92. The summed E-state index contributed by atoms with van der Waals surface area (Å²) < 4.78 is 4.80. The van der Waals surface area contributed by atoms with E-state index >= 15 is 0 Å². The molecule has 0 aliphatic heterocycles. The van der Waals surface area contributed by atoms with Crippen LogP contribution >= 0.6 is 0 Å². The second kappa shape index (κ2) is 8.58. The van der Waals surface area contributed by atoms with Crippen LogP contribution in [0.5, 0.6) is 0 Å². The molecule has 1 N–H and O–H groups in total. The first-order chi connectivity index (χ1) is 6.74. The highest BCUT2D eigenvalue weighted by atomic mass is 16.5. The molecule has 0 heterocycles. The Labute approximate surface area is 86.2 Å². The van der Waals surface area contributed by atoms with Crippen molar-refractivity contribution in [3.05, 3.63) is 0 Å². The molecule has 0 aromatic heterocycles. The van der Waals surface area contributed by atoms with Crippen molar-refractivity contribution in [3.63, 3.8) is 0 Å². The van der Waals surface area contributed by atoms with Gasteiger partial charge in [0.25, 0.3) is 0 Å². The molecule has 0 spiro atoms. The van der Waals surface area contributed by atoms with E-state index < -0.39 is 0 Å². The summed E-state index contributed by atoms with van der Waals surface area (Å²) in [4.78, 5) is 11.0. The minimum atomic E-state index is -0.157. The van der Waals surface area contributed by atoms with Gasteiger partial charge in [-0.15, -0.1) is 12.3 Å². The molecule has 0 bridgehead atoms. The van der Waals surface area contributed by atoms with Gasteiger partial charge in [0.2, 0.25) is 0 Å². The predicted octanol–water partition coefficient (Wildman–Crippen LogP) is 1.33. The first-order valence-electron chi connectivity index (χ1n) is 5.07. The molecule has 0 amide bonds. The highest BCUT2D eigenvalue weighted by molar-refractivity contribution is 5.69. The van der Waals surface area contributed by atoms with E-state index in [1.807, 2.05) is 0 Å². The molecule has 0 saturated carbocycles. The number of rotatable bonds is 7. The van der Waals surface area contributed by atoms with E-state index in [2.05, 4.69) is 18.2 Å². The Balaban J connectivity index is 3.51. The van der Waals surface area contributed by atoms with Gasteiger partial charge in [-0.2, -0.15) is 0 Å². The summed E-state index contributed by atoms with van der Waals surface area (Å²) in [6.45, 7) is 4.96. The number of nitrogens with one attached hydrogen (secondary N) is 1. The van der Waals surface area contributed by atoms with Crippen molar-refractivity contribution in [2.75, 3.05) is 13.2 Å². The largest absolute Gasteiger partial charge is 0.466 e. The Bertz CT molecular complexity index is 196. The molecule has 0 aliphatic carbocycles. The number of ether oxygens (including phenoxy) is 1. The van der Waals surface area contributed by atoms with E-state index in [4.69, 9.17) is 11.2 Å². The van der Waals surface area contributed by atoms with E-state index in [9.17, 15) is 4.79 Å². The standard InChI is InChI=1S/C11H19NO2/c1-4-7-10(5-2)12-9-8-11(13)14-6-3/h1,10,12H,5-9H2,2-3H3. The van der Waals surface area contributed by atoms with Crippen molar-refractivity contribution in [1.29, 1.82) is 0 Å². The minimum Gasteiger partial charge on any atom is -0.466 e. The van der Waals surface area contributed by atoms with Crippen LogP contribution in [-0.4, -0.2) is 25.2 Å². The Hall–Kier alpha value is -1.01. The second-order valence-electron chi connectivity index (χ2n) is 3.02. The zero-order valence-corrected chi connectivity index (χ0v) is 9.01. The molecule has 0 rings (SSSR count). The van der Waals surface area contributed by atoms with Crippen LogP contribution in [0, 0.1) is 12.3 Å².